The van der Waals surface area contributed by atoms with Crippen molar-refractivity contribution in [3.05, 3.63) is 46.3 Å². The lowest BCUT2D eigenvalue weighted by Gasteiger charge is -2.13. The Morgan fingerprint density at radius 1 is 1.41 bits per heavy atom. The lowest BCUT2D eigenvalue weighted by molar-refractivity contribution is -0.119. The minimum atomic E-state index is -0.543. The molecule has 7 heteroatoms. The number of rotatable bonds is 8. The molecule has 1 aromatic heterocycles. The van der Waals surface area contributed by atoms with Crippen molar-refractivity contribution < 1.29 is 18.7 Å². The topological polar surface area (TPSA) is 86.7 Å². The quantitative estimate of drug-likeness (QED) is 0.745. The average molecular weight is 369 g/mol. The maximum atomic E-state index is 10.8. The second-order valence-electron chi connectivity index (χ2n) is 4.55. The lowest BCUT2D eigenvalue weighted by atomic mass is 10.2. The standard InChI is InChI=1S/C15H17BrN2O4/c1-20-13-6-10(7-18-8-11-3-2-4-21-11)5-12(16)15(13)22-9-14(17)19/h2-6,18H,7-9H2,1H3,(H2,17,19). The van der Waals surface area contributed by atoms with Crippen molar-refractivity contribution in [3.8, 4) is 11.5 Å². The van der Waals surface area contributed by atoms with Gasteiger partial charge in [-0.15, -0.1) is 0 Å². The molecule has 0 aliphatic rings. The van der Waals surface area contributed by atoms with Crippen molar-refractivity contribution >= 4 is 21.8 Å². The number of benzene rings is 1. The van der Waals surface area contributed by atoms with Crippen LogP contribution in [0.4, 0.5) is 0 Å². The molecule has 0 fully saturated rings. The Balaban J connectivity index is 2.03. The summed E-state index contributed by atoms with van der Waals surface area (Å²) in [6.07, 6.45) is 1.64. The molecule has 0 saturated heterocycles. The first-order valence-corrected chi connectivity index (χ1v) is 7.40. The van der Waals surface area contributed by atoms with Crippen LogP contribution in [0.1, 0.15) is 11.3 Å². The van der Waals surface area contributed by atoms with E-state index < -0.39 is 5.91 Å². The molecule has 1 amide bonds. The number of hydrogen-bond donors (Lipinski definition) is 2. The first-order valence-electron chi connectivity index (χ1n) is 6.60. The van der Waals surface area contributed by atoms with E-state index in [2.05, 4.69) is 21.2 Å². The Morgan fingerprint density at radius 3 is 2.86 bits per heavy atom. The number of nitrogens with one attached hydrogen (secondary N) is 1. The molecule has 0 bridgehead atoms. The van der Waals surface area contributed by atoms with Crippen LogP contribution in [0, 0.1) is 0 Å². The van der Waals surface area contributed by atoms with Gasteiger partial charge in [0.25, 0.3) is 5.91 Å². The number of hydrogen-bond acceptors (Lipinski definition) is 5. The predicted octanol–water partition coefficient (Wildman–Crippen LogP) is 2.20. The average Bonchev–Trinajstić information content (AvgIpc) is 2.98. The molecular formula is C15H17BrN2O4. The van der Waals surface area contributed by atoms with Gasteiger partial charge in [-0.2, -0.15) is 0 Å². The van der Waals surface area contributed by atoms with Crippen molar-refractivity contribution in [2.24, 2.45) is 5.73 Å². The maximum absolute atomic E-state index is 10.8. The third kappa shape index (κ3) is 4.51. The van der Waals surface area contributed by atoms with Gasteiger partial charge in [-0.3, -0.25) is 4.79 Å². The lowest BCUT2D eigenvalue weighted by Crippen LogP contribution is -2.20. The Morgan fingerprint density at radius 2 is 2.23 bits per heavy atom. The molecule has 0 atom stereocenters. The summed E-state index contributed by atoms with van der Waals surface area (Å²) in [6.45, 7) is 1.06. The molecule has 3 N–H and O–H groups in total. The molecule has 0 spiro atoms. The van der Waals surface area contributed by atoms with Crippen molar-refractivity contribution in [1.29, 1.82) is 0 Å². The first-order chi connectivity index (χ1) is 10.6. The summed E-state index contributed by atoms with van der Waals surface area (Å²) in [7, 11) is 1.54. The second-order valence-corrected chi connectivity index (χ2v) is 5.40. The maximum Gasteiger partial charge on any atom is 0.255 e. The minimum absolute atomic E-state index is 0.203. The number of methoxy groups -OCH3 is 1. The summed E-state index contributed by atoms with van der Waals surface area (Å²) < 4.78 is 16.6. The van der Waals surface area contributed by atoms with Crippen molar-refractivity contribution in [3.63, 3.8) is 0 Å². The molecule has 0 aliphatic carbocycles. The fourth-order valence-electron chi connectivity index (χ4n) is 1.90. The van der Waals surface area contributed by atoms with E-state index in [1.165, 1.54) is 0 Å². The van der Waals surface area contributed by atoms with Gasteiger partial charge in [-0.1, -0.05) is 0 Å². The van der Waals surface area contributed by atoms with Crippen molar-refractivity contribution in [2.45, 2.75) is 13.1 Å². The number of halogens is 1. The van der Waals surface area contributed by atoms with Gasteiger partial charge in [0.15, 0.2) is 18.1 Å². The number of carbonyl (C=O) groups is 1. The number of ether oxygens (including phenoxy) is 2. The number of carbonyl (C=O) groups excluding carboxylic acids is 1. The van der Waals surface area contributed by atoms with Gasteiger partial charge < -0.3 is 24.9 Å². The van der Waals surface area contributed by atoms with Gasteiger partial charge in [-0.25, -0.2) is 0 Å². The van der Waals surface area contributed by atoms with E-state index >= 15 is 0 Å². The molecule has 2 aromatic rings. The normalized spacial score (nSPS) is 10.5. The number of amides is 1. The second kappa shape index (κ2) is 7.86. The first kappa shape index (κ1) is 16.4. The van der Waals surface area contributed by atoms with E-state index in [0.717, 1.165) is 11.3 Å². The molecule has 0 aliphatic heterocycles. The van der Waals surface area contributed by atoms with E-state index in [-0.39, 0.29) is 6.61 Å². The number of primary amides is 1. The summed E-state index contributed by atoms with van der Waals surface area (Å²) in [5.41, 5.74) is 6.09. The predicted molar refractivity (Wildman–Crippen MR) is 84.6 cm³/mol. The summed E-state index contributed by atoms with van der Waals surface area (Å²) in [5, 5.41) is 3.27. The van der Waals surface area contributed by atoms with E-state index in [9.17, 15) is 4.79 Å². The van der Waals surface area contributed by atoms with E-state index in [4.69, 9.17) is 19.6 Å². The minimum Gasteiger partial charge on any atom is -0.493 e. The van der Waals surface area contributed by atoms with Crippen LogP contribution >= 0.6 is 15.9 Å². The smallest absolute Gasteiger partial charge is 0.255 e. The van der Waals surface area contributed by atoms with Crippen LogP contribution in [0.5, 0.6) is 11.5 Å². The van der Waals surface area contributed by atoms with Crippen LogP contribution in [0.15, 0.2) is 39.4 Å². The molecule has 6 nitrogen and oxygen atoms in total. The van der Waals surface area contributed by atoms with Crippen LogP contribution in [0.3, 0.4) is 0 Å². The molecule has 22 heavy (non-hydrogen) atoms. The highest BCUT2D eigenvalue weighted by Gasteiger charge is 2.12. The Labute approximate surface area is 136 Å². The summed E-state index contributed by atoms with van der Waals surface area (Å²) >= 11 is 3.42. The van der Waals surface area contributed by atoms with Crippen LogP contribution in [0.25, 0.3) is 0 Å². The molecule has 0 unspecified atom stereocenters. The molecule has 1 aromatic carbocycles. The van der Waals surface area contributed by atoms with Crippen molar-refractivity contribution in [2.75, 3.05) is 13.7 Å². The molecular weight excluding hydrogens is 352 g/mol. The van der Waals surface area contributed by atoms with Gasteiger partial charge in [0.2, 0.25) is 0 Å². The zero-order valence-corrected chi connectivity index (χ0v) is 13.7. The molecule has 2 rings (SSSR count). The number of nitrogens with two attached hydrogens (primary N) is 1. The van der Waals surface area contributed by atoms with Gasteiger partial charge in [0.05, 0.1) is 24.4 Å². The van der Waals surface area contributed by atoms with E-state index in [1.54, 1.807) is 13.4 Å². The monoisotopic (exact) mass is 368 g/mol. The van der Waals surface area contributed by atoms with Gasteiger partial charge in [-0.05, 0) is 45.8 Å². The summed E-state index contributed by atoms with van der Waals surface area (Å²) in [4.78, 5) is 10.8. The highest BCUT2D eigenvalue weighted by molar-refractivity contribution is 9.10. The fourth-order valence-corrected chi connectivity index (χ4v) is 2.51. The highest BCUT2D eigenvalue weighted by Crippen LogP contribution is 2.36. The fraction of sp³-hybridized carbons (Fsp3) is 0.267. The Kier molecular flexibility index (Phi) is 5.85. The van der Waals surface area contributed by atoms with Gasteiger partial charge >= 0.3 is 0 Å². The van der Waals surface area contributed by atoms with E-state index in [0.29, 0.717) is 29.1 Å². The summed E-state index contributed by atoms with van der Waals surface area (Å²) in [6, 6.07) is 7.50. The van der Waals surface area contributed by atoms with Crippen LogP contribution in [-0.2, 0) is 17.9 Å². The third-order valence-corrected chi connectivity index (χ3v) is 3.45. The number of furan rings is 1. The Hall–Kier alpha value is -1.99. The SMILES string of the molecule is COc1cc(CNCc2ccco2)cc(Br)c1OCC(N)=O. The van der Waals surface area contributed by atoms with Gasteiger partial charge in [0.1, 0.15) is 5.76 Å². The van der Waals surface area contributed by atoms with Crippen molar-refractivity contribution in [1.82, 2.24) is 5.32 Å². The van der Waals surface area contributed by atoms with Crippen LogP contribution < -0.4 is 20.5 Å². The largest absolute Gasteiger partial charge is 0.493 e. The van der Waals surface area contributed by atoms with E-state index in [1.807, 2.05) is 24.3 Å². The zero-order valence-electron chi connectivity index (χ0n) is 12.1. The Bertz CT molecular complexity index is 629. The van der Waals surface area contributed by atoms with Crippen LogP contribution in [-0.4, -0.2) is 19.6 Å². The highest BCUT2D eigenvalue weighted by atomic mass is 79.9. The molecule has 0 radical (unpaired) electrons. The molecule has 1 heterocycles. The third-order valence-electron chi connectivity index (χ3n) is 2.86. The van der Waals surface area contributed by atoms with Gasteiger partial charge in [0, 0.05) is 6.54 Å². The molecule has 118 valence electrons. The summed E-state index contributed by atoms with van der Waals surface area (Å²) in [5.74, 6) is 1.31. The van der Waals surface area contributed by atoms with Crippen LogP contribution in [0.2, 0.25) is 0 Å². The zero-order chi connectivity index (χ0) is 15.9. The molecule has 0 saturated carbocycles.